The van der Waals surface area contributed by atoms with Crippen LogP contribution in [0.1, 0.15) is 16.2 Å². The van der Waals surface area contributed by atoms with Gasteiger partial charge in [0.1, 0.15) is 5.82 Å². The molecule has 4 aromatic rings. The fraction of sp³-hybridized carbons (Fsp3) is 0. The summed E-state index contributed by atoms with van der Waals surface area (Å²) >= 11 is 0. The molecule has 1 N–H and O–H groups in total. The number of nitrogens with one attached hydrogen (secondary N) is 1. The molecule has 142 valence electrons. The third-order valence-corrected chi connectivity index (χ3v) is 4.09. The largest absolute Gasteiger partial charge is 0.311 e. The minimum atomic E-state index is -0.546. The lowest BCUT2D eigenvalue weighted by Gasteiger charge is -2.05. The number of carbonyl (C=O) groups excluding carboxylic acids is 1. The highest BCUT2D eigenvalue weighted by molar-refractivity contribution is 5.92. The van der Waals surface area contributed by atoms with Crippen LogP contribution in [0.3, 0.4) is 0 Å². The maximum absolute atomic E-state index is 12.9. The number of benzene rings is 3. The van der Waals surface area contributed by atoms with Crippen molar-refractivity contribution in [2.75, 3.05) is 0 Å². The number of hydrazone groups is 1. The number of aromatic nitrogens is 3. The van der Waals surface area contributed by atoms with Crippen LogP contribution in [0.2, 0.25) is 0 Å². The molecule has 4 rings (SSSR count). The minimum absolute atomic E-state index is 0.0102. The van der Waals surface area contributed by atoms with Crippen LogP contribution in [-0.2, 0) is 0 Å². The van der Waals surface area contributed by atoms with Crippen molar-refractivity contribution in [2.24, 2.45) is 5.10 Å². The maximum atomic E-state index is 12.9. The molecule has 29 heavy (non-hydrogen) atoms. The molecule has 0 fully saturated rings. The zero-order chi connectivity index (χ0) is 20.1. The molecular weight excluding hydrogens is 369 g/mol. The predicted octanol–water partition coefficient (Wildman–Crippen LogP) is 3.84. The Bertz CT molecular complexity index is 1080. The highest BCUT2D eigenvalue weighted by Crippen LogP contribution is 2.20. The van der Waals surface area contributed by atoms with Crippen LogP contribution in [0.25, 0.3) is 17.1 Å². The molecule has 0 aliphatic rings. The highest BCUT2D eigenvalue weighted by Gasteiger charge is 2.18. The molecule has 0 radical (unpaired) electrons. The summed E-state index contributed by atoms with van der Waals surface area (Å²) in [5, 5.41) is 8.26. The second-order valence-corrected chi connectivity index (χ2v) is 6.12. The van der Waals surface area contributed by atoms with E-state index in [9.17, 15) is 9.18 Å². The van der Waals surface area contributed by atoms with Crippen molar-refractivity contribution in [3.8, 4) is 17.1 Å². The molecule has 0 unspecified atom stereocenters. The SMILES string of the molecule is O=C(N/N=C/c1ccc(F)cc1)c1nc(-c2ccccc2)n(-c2ccccc2)n1. The lowest BCUT2D eigenvalue weighted by molar-refractivity contribution is 0.0945. The Morgan fingerprint density at radius 1 is 0.931 bits per heavy atom. The van der Waals surface area contributed by atoms with Gasteiger partial charge in [-0.1, -0.05) is 60.7 Å². The second-order valence-electron chi connectivity index (χ2n) is 6.12. The van der Waals surface area contributed by atoms with Gasteiger partial charge in [-0.2, -0.15) is 5.10 Å². The molecule has 0 aliphatic carbocycles. The van der Waals surface area contributed by atoms with E-state index in [1.54, 1.807) is 16.8 Å². The number of carbonyl (C=O) groups is 1. The van der Waals surface area contributed by atoms with Crippen LogP contribution >= 0.6 is 0 Å². The molecule has 0 saturated heterocycles. The van der Waals surface area contributed by atoms with Gasteiger partial charge in [0.05, 0.1) is 11.9 Å². The molecule has 6 nitrogen and oxygen atoms in total. The van der Waals surface area contributed by atoms with Gasteiger partial charge in [-0.25, -0.2) is 19.5 Å². The zero-order valence-corrected chi connectivity index (χ0v) is 15.2. The standard InChI is InChI=1S/C22H16FN5O/c23-18-13-11-16(12-14-18)15-24-26-22(29)20-25-21(17-7-3-1-4-8-17)28(27-20)19-9-5-2-6-10-19/h1-15H,(H,26,29)/b24-15+. The van der Waals surface area contributed by atoms with Gasteiger partial charge in [0, 0.05) is 5.56 Å². The van der Waals surface area contributed by atoms with Crippen LogP contribution < -0.4 is 5.43 Å². The number of hydrogen-bond acceptors (Lipinski definition) is 4. The first-order chi connectivity index (χ1) is 14.2. The van der Waals surface area contributed by atoms with E-state index in [1.165, 1.54) is 18.3 Å². The van der Waals surface area contributed by atoms with Crippen molar-refractivity contribution in [1.82, 2.24) is 20.2 Å². The van der Waals surface area contributed by atoms with Crippen molar-refractivity contribution >= 4 is 12.1 Å². The van der Waals surface area contributed by atoms with Gasteiger partial charge < -0.3 is 0 Å². The molecule has 7 heteroatoms. The van der Waals surface area contributed by atoms with E-state index in [1.807, 2.05) is 60.7 Å². The average Bonchev–Trinajstić information content (AvgIpc) is 3.22. The van der Waals surface area contributed by atoms with Gasteiger partial charge in [0.25, 0.3) is 0 Å². The molecule has 0 aliphatic heterocycles. The predicted molar refractivity (Wildman–Crippen MR) is 108 cm³/mol. The van der Waals surface area contributed by atoms with E-state index in [-0.39, 0.29) is 11.6 Å². The van der Waals surface area contributed by atoms with E-state index >= 15 is 0 Å². The summed E-state index contributed by atoms with van der Waals surface area (Å²) < 4.78 is 14.6. The van der Waals surface area contributed by atoms with Crippen molar-refractivity contribution in [3.05, 3.63) is 102 Å². The number of hydrogen-bond donors (Lipinski definition) is 1. The van der Waals surface area contributed by atoms with Crippen molar-refractivity contribution in [1.29, 1.82) is 0 Å². The minimum Gasteiger partial charge on any atom is -0.264 e. The summed E-state index contributed by atoms with van der Waals surface area (Å²) in [6, 6.07) is 24.7. The monoisotopic (exact) mass is 385 g/mol. The first kappa shape index (κ1) is 18.2. The van der Waals surface area contributed by atoms with E-state index < -0.39 is 5.91 Å². The van der Waals surface area contributed by atoms with Gasteiger partial charge in [-0.05, 0) is 29.8 Å². The molecule has 1 aromatic heterocycles. The Labute approximate surface area is 166 Å². The van der Waals surface area contributed by atoms with E-state index in [4.69, 9.17) is 0 Å². The average molecular weight is 385 g/mol. The Balaban J connectivity index is 1.61. The van der Waals surface area contributed by atoms with Crippen LogP contribution in [0.15, 0.2) is 90.0 Å². The summed E-state index contributed by atoms with van der Waals surface area (Å²) in [6.45, 7) is 0. The third kappa shape index (κ3) is 4.24. The van der Waals surface area contributed by atoms with Gasteiger partial charge in [0.15, 0.2) is 5.82 Å². The molecule has 1 amide bonds. The van der Waals surface area contributed by atoms with Crippen molar-refractivity contribution in [2.45, 2.75) is 0 Å². The second kappa shape index (κ2) is 8.26. The van der Waals surface area contributed by atoms with E-state index in [0.29, 0.717) is 11.4 Å². The fourth-order valence-corrected chi connectivity index (χ4v) is 2.70. The molecule has 0 spiro atoms. The Hall–Kier alpha value is -4.13. The zero-order valence-electron chi connectivity index (χ0n) is 15.2. The van der Waals surface area contributed by atoms with Gasteiger partial charge in [0.2, 0.25) is 5.82 Å². The summed E-state index contributed by atoms with van der Waals surface area (Å²) in [7, 11) is 0. The summed E-state index contributed by atoms with van der Waals surface area (Å²) in [6.07, 6.45) is 1.42. The highest BCUT2D eigenvalue weighted by atomic mass is 19.1. The first-order valence-corrected chi connectivity index (χ1v) is 8.87. The Kier molecular flexibility index (Phi) is 5.20. The number of amides is 1. The van der Waals surface area contributed by atoms with Crippen LogP contribution in [0.5, 0.6) is 0 Å². The Morgan fingerprint density at radius 2 is 1.59 bits per heavy atom. The van der Waals surface area contributed by atoms with Crippen LogP contribution in [-0.4, -0.2) is 26.9 Å². The van der Waals surface area contributed by atoms with E-state index in [0.717, 1.165) is 11.3 Å². The molecule has 1 heterocycles. The smallest absolute Gasteiger partial charge is 0.264 e. The number of para-hydroxylation sites is 1. The van der Waals surface area contributed by atoms with Crippen LogP contribution in [0.4, 0.5) is 4.39 Å². The van der Waals surface area contributed by atoms with Gasteiger partial charge in [-0.15, -0.1) is 5.10 Å². The molecule has 0 saturated carbocycles. The molecule has 0 bridgehead atoms. The molecular formula is C22H16FN5O. The topological polar surface area (TPSA) is 72.2 Å². The number of nitrogens with zero attached hydrogens (tertiary/aromatic N) is 4. The number of rotatable bonds is 5. The quantitative estimate of drug-likeness (QED) is 0.419. The third-order valence-electron chi connectivity index (χ3n) is 4.09. The van der Waals surface area contributed by atoms with Crippen molar-refractivity contribution < 1.29 is 9.18 Å². The fourth-order valence-electron chi connectivity index (χ4n) is 2.70. The maximum Gasteiger partial charge on any atom is 0.311 e. The normalized spacial score (nSPS) is 10.9. The van der Waals surface area contributed by atoms with Crippen LogP contribution in [0, 0.1) is 5.82 Å². The van der Waals surface area contributed by atoms with Crippen molar-refractivity contribution in [3.63, 3.8) is 0 Å². The molecule has 0 atom stereocenters. The first-order valence-electron chi connectivity index (χ1n) is 8.87. The lowest BCUT2D eigenvalue weighted by atomic mass is 10.2. The summed E-state index contributed by atoms with van der Waals surface area (Å²) in [4.78, 5) is 16.9. The van der Waals surface area contributed by atoms with Gasteiger partial charge in [-0.3, -0.25) is 4.79 Å². The Morgan fingerprint density at radius 3 is 2.28 bits per heavy atom. The number of halogens is 1. The summed E-state index contributed by atoms with van der Waals surface area (Å²) in [5.41, 5.74) is 4.67. The van der Waals surface area contributed by atoms with E-state index in [2.05, 4.69) is 20.6 Å². The summed E-state index contributed by atoms with van der Waals surface area (Å²) in [5.74, 6) is -0.348. The van der Waals surface area contributed by atoms with Gasteiger partial charge >= 0.3 is 5.91 Å². The lowest BCUT2D eigenvalue weighted by Crippen LogP contribution is -2.19. The molecule has 3 aromatic carbocycles.